The summed E-state index contributed by atoms with van der Waals surface area (Å²) in [7, 11) is 1.57. The van der Waals surface area contributed by atoms with Gasteiger partial charge in [0.05, 0.1) is 34.7 Å². The fraction of sp³-hybridized carbons (Fsp3) is 0.0667. The van der Waals surface area contributed by atoms with Crippen molar-refractivity contribution in [2.24, 2.45) is 4.99 Å². The van der Waals surface area contributed by atoms with Crippen molar-refractivity contribution >= 4 is 28.7 Å². The molecule has 0 spiro atoms. The maximum atomic E-state index is 13.8. The van der Waals surface area contributed by atoms with E-state index in [-0.39, 0.29) is 11.2 Å². The largest absolute Gasteiger partial charge is 0.497 e. The molecule has 200 valence electrons. The SMILES string of the molecule is COc1ccc(-c2[nH]n(-c3ccc([N+](=O)[O-])cc3)c(=O)c2C(C)=Nc2cc(Cl)ccc2Oc2ccccc2)cc1. The lowest BCUT2D eigenvalue weighted by molar-refractivity contribution is -0.384. The number of aromatic amines is 1. The number of non-ortho nitro benzene ring substituents is 1. The number of aliphatic imine (C=N–C) groups is 1. The predicted molar refractivity (Wildman–Crippen MR) is 155 cm³/mol. The Kier molecular flexibility index (Phi) is 7.48. The van der Waals surface area contributed by atoms with E-state index in [0.717, 1.165) is 5.56 Å². The molecule has 1 heterocycles. The summed E-state index contributed by atoms with van der Waals surface area (Å²) in [6, 6.07) is 27.3. The summed E-state index contributed by atoms with van der Waals surface area (Å²) in [6.45, 7) is 1.73. The van der Waals surface area contributed by atoms with E-state index in [9.17, 15) is 14.9 Å². The van der Waals surface area contributed by atoms with Crippen LogP contribution in [-0.4, -0.2) is 27.5 Å². The van der Waals surface area contributed by atoms with Gasteiger partial charge in [-0.15, -0.1) is 0 Å². The lowest BCUT2D eigenvalue weighted by Gasteiger charge is -2.10. The van der Waals surface area contributed by atoms with Gasteiger partial charge in [0.1, 0.15) is 17.2 Å². The van der Waals surface area contributed by atoms with E-state index in [4.69, 9.17) is 26.1 Å². The topological polar surface area (TPSA) is 112 Å². The fourth-order valence-corrected chi connectivity index (χ4v) is 4.33. The van der Waals surface area contributed by atoms with Gasteiger partial charge in [-0.2, -0.15) is 0 Å². The summed E-state index contributed by atoms with van der Waals surface area (Å²) < 4.78 is 12.7. The summed E-state index contributed by atoms with van der Waals surface area (Å²) in [6.07, 6.45) is 0. The number of hydrogen-bond acceptors (Lipinski definition) is 6. The van der Waals surface area contributed by atoms with E-state index in [1.54, 1.807) is 44.4 Å². The van der Waals surface area contributed by atoms with Crippen LogP contribution < -0.4 is 15.0 Å². The first-order chi connectivity index (χ1) is 19.3. The van der Waals surface area contributed by atoms with Crippen LogP contribution in [0.3, 0.4) is 0 Å². The van der Waals surface area contributed by atoms with E-state index < -0.39 is 4.92 Å². The molecule has 0 amide bonds. The van der Waals surface area contributed by atoms with Crippen molar-refractivity contribution in [1.82, 2.24) is 9.78 Å². The Bertz CT molecular complexity index is 1760. The van der Waals surface area contributed by atoms with Crippen molar-refractivity contribution in [3.05, 3.63) is 128 Å². The fourth-order valence-electron chi connectivity index (χ4n) is 4.16. The zero-order valence-corrected chi connectivity index (χ0v) is 22.3. The average molecular weight is 555 g/mol. The van der Waals surface area contributed by atoms with Crippen molar-refractivity contribution in [3.63, 3.8) is 0 Å². The predicted octanol–water partition coefficient (Wildman–Crippen LogP) is 7.34. The first-order valence-electron chi connectivity index (χ1n) is 12.2. The Labute approximate surface area is 234 Å². The Morgan fingerprint density at radius 1 is 0.950 bits per heavy atom. The Balaban J connectivity index is 1.65. The number of nitro groups is 1. The van der Waals surface area contributed by atoms with Crippen LogP contribution in [0.4, 0.5) is 11.4 Å². The molecule has 0 unspecified atom stereocenters. The summed E-state index contributed by atoms with van der Waals surface area (Å²) in [5.41, 5.74) is 2.37. The first kappa shape index (κ1) is 26.5. The highest BCUT2D eigenvalue weighted by atomic mass is 35.5. The third-order valence-corrected chi connectivity index (χ3v) is 6.37. The summed E-state index contributed by atoms with van der Waals surface area (Å²) in [4.78, 5) is 29.2. The van der Waals surface area contributed by atoms with E-state index in [2.05, 4.69) is 5.10 Å². The highest BCUT2D eigenvalue weighted by Gasteiger charge is 2.21. The molecule has 10 heteroatoms. The number of aromatic nitrogens is 2. The van der Waals surface area contributed by atoms with Gasteiger partial charge in [0.15, 0.2) is 5.75 Å². The average Bonchev–Trinajstić information content (AvgIpc) is 3.32. The van der Waals surface area contributed by atoms with Crippen molar-refractivity contribution in [2.75, 3.05) is 7.11 Å². The molecular weight excluding hydrogens is 532 g/mol. The van der Waals surface area contributed by atoms with Crippen molar-refractivity contribution in [1.29, 1.82) is 0 Å². The monoisotopic (exact) mass is 554 g/mol. The molecule has 0 fully saturated rings. The van der Waals surface area contributed by atoms with Crippen LogP contribution in [0.15, 0.2) is 107 Å². The van der Waals surface area contributed by atoms with Gasteiger partial charge in [0, 0.05) is 22.7 Å². The number of nitrogens with one attached hydrogen (secondary N) is 1. The van der Waals surface area contributed by atoms with E-state index in [1.807, 2.05) is 42.5 Å². The zero-order chi connectivity index (χ0) is 28.2. The van der Waals surface area contributed by atoms with E-state index in [0.29, 0.717) is 50.6 Å². The maximum Gasteiger partial charge on any atom is 0.280 e. The maximum absolute atomic E-state index is 13.8. The second-order valence-corrected chi connectivity index (χ2v) is 9.17. The number of para-hydroxylation sites is 1. The highest BCUT2D eigenvalue weighted by Crippen LogP contribution is 2.35. The number of H-pyrrole nitrogens is 1. The third kappa shape index (κ3) is 5.50. The molecule has 0 aliphatic heterocycles. The van der Waals surface area contributed by atoms with Crippen LogP contribution in [-0.2, 0) is 0 Å². The molecule has 0 bridgehead atoms. The van der Waals surface area contributed by atoms with Gasteiger partial charge in [0.25, 0.3) is 11.2 Å². The number of nitrogens with zero attached hydrogens (tertiary/aromatic N) is 3. The minimum atomic E-state index is -0.494. The van der Waals surface area contributed by atoms with Gasteiger partial charge in [-0.05, 0) is 73.7 Å². The quantitative estimate of drug-likeness (QED) is 0.122. The number of benzene rings is 4. The van der Waals surface area contributed by atoms with Gasteiger partial charge >= 0.3 is 0 Å². The molecule has 0 atom stereocenters. The molecule has 5 rings (SSSR count). The van der Waals surface area contributed by atoms with Crippen LogP contribution in [0, 0.1) is 10.1 Å². The molecule has 0 radical (unpaired) electrons. The van der Waals surface area contributed by atoms with Crippen LogP contribution in [0.25, 0.3) is 16.9 Å². The molecule has 9 nitrogen and oxygen atoms in total. The van der Waals surface area contributed by atoms with E-state index >= 15 is 0 Å². The molecule has 5 aromatic rings. The van der Waals surface area contributed by atoms with Crippen molar-refractivity contribution in [3.8, 4) is 34.2 Å². The Hall–Kier alpha value is -5.15. The molecule has 4 aromatic carbocycles. The molecule has 1 aromatic heterocycles. The second kappa shape index (κ2) is 11.3. The molecular formula is C30H23ClN4O5. The van der Waals surface area contributed by atoms with Crippen LogP contribution >= 0.6 is 11.6 Å². The minimum Gasteiger partial charge on any atom is -0.497 e. The Morgan fingerprint density at radius 3 is 2.30 bits per heavy atom. The normalized spacial score (nSPS) is 11.3. The minimum absolute atomic E-state index is 0.0800. The lowest BCUT2D eigenvalue weighted by Crippen LogP contribution is -2.19. The lowest BCUT2D eigenvalue weighted by atomic mass is 10.0. The smallest absolute Gasteiger partial charge is 0.280 e. The summed E-state index contributed by atoms with van der Waals surface area (Å²) in [5, 5.41) is 14.7. The standard InChI is InChI=1S/C30H23ClN4O5/c1-19(32-26-18-21(31)10-17-27(26)40-25-6-4-3-5-7-25)28-29(20-8-15-24(39-2)16-9-20)33-34(30(28)36)22-11-13-23(14-12-22)35(37)38/h3-18,33H,1-2H3. The third-order valence-electron chi connectivity index (χ3n) is 6.13. The zero-order valence-electron chi connectivity index (χ0n) is 21.5. The second-order valence-electron chi connectivity index (χ2n) is 8.73. The van der Waals surface area contributed by atoms with Gasteiger partial charge in [-0.25, -0.2) is 9.67 Å². The van der Waals surface area contributed by atoms with Crippen LogP contribution in [0.5, 0.6) is 17.2 Å². The molecule has 0 aliphatic rings. The van der Waals surface area contributed by atoms with Gasteiger partial charge in [-0.1, -0.05) is 29.8 Å². The number of halogens is 1. The Morgan fingerprint density at radius 2 is 1.65 bits per heavy atom. The van der Waals surface area contributed by atoms with Gasteiger partial charge in [-0.3, -0.25) is 20.0 Å². The number of ether oxygens (including phenoxy) is 2. The molecule has 40 heavy (non-hydrogen) atoms. The molecule has 0 saturated heterocycles. The first-order valence-corrected chi connectivity index (χ1v) is 12.5. The van der Waals surface area contributed by atoms with Gasteiger partial charge in [0.2, 0.25) is 0 Å². The number of methoxy groups -OCH3 is 1. The molecule has 0 aliphatic carbocycles. The van der Waals surface area contributed by atoms with Crippen molar-refractivity contribution in [2.45, 2.75) is 6.92 Å². The molecule has 1 N–H and O–H groups in total. The highest BCUT2D eigenvalue weighted by molar-refractivity contribution is 6.31. The summed E-state index contributed by atoms with van der Waals surface area (Å²) in [5.74, 6) is 1.75. The molecule has 0 saturated carbocycles. The van der Waals surface area contributed by atoms with Crippen molar-refractivity contribution < 1.29 is 14.4 Å². The number of nitro benzene ring substituents is 1. The number of hydrogen-bond donors (Lipinski definition) is 1. The summed E-state index contributed by atoms with van der Waals surface area (Å²) >= 11 is 6.30. The number of rotatable bonds is 8. The van der Waals surface area contributed by atoms with E-state index in [1.165, 1.54) is 28.9 Å². The van der Waals surface area contributed by atoms with Crippen LogP contribution in [0.2, 0.25) is 5.02 Å². The van der Waals surface area contributed by atoms with Gasteiger partial charge < -0.3 is 9.47 Å². The van der Waals surface area contributed by atoms with Crippen LogP contribution in [0.1, 0.15) is 12.5 Å².